The van der Waals surface area contributed by atoms with Crippen LogP contribution in [0, 0.1) is 6.92 Å². The second kappa shape index (κ2) is 14.7. The third kappa shape index (κ3) is 8.01. The second-order valence-corrected chi connectivity index (χ2v) is 10.2. The number of ether oxygens (including phenoxy) is 2. The molecule has 0 saturated carbocycles. The predicted molar refractivity (Wildman–Crippen MR) is 168 cm³/mol. The summed E-state index contributed by atoms with van der Waals surface area (Å²) in [5.41, 5.74) is 4.67. The first-order valence-electron chi connectivity index (χ1n) is 14.2. The average Bonchev–Trinajstić information content (AvgIpc) is 3.02. The fourth-order valence-corrected chi connectivity index (χ4v) is 4.72. The van der Waals surface area contributed by atoms with Crippen LogP contribution in [0.15, 0.2) is 91.0 Å². The molecule has 222 valence electrons. The summed E-state index contributed by atoms with van der Waals surface area (Å²) >= 11 is 0. The molecule has 0 aliphatic rings. The first kappa shape index (κ1) is 30.8. The van der Waals surface area contributed by atoms with Gasteiger partial charge >= 0.3 is 5.97 Å². The van der Waals surface area contributed by atoms with E-state index in [0.29, 0.717) is 53.4 Å². The van der Waals surface area contributed by atoms with Crippen molar-refractivity contribution in [3.05, 3.63) is 108 Å². The van der Waals surface area contributed by atoms with E-state index in [1.54, 1.807) is 31.3 Å². The van der Waals surface area contributed by atoms with Gasteiger partial charge in [-0.15, -0.1) is 0 Å². The van der Waals surface area contributed by atoms with Gasteiger partial charge in [0.2, 0.25) is 0 Å². The van der Waals surface area contributed by atoms with E-state index in [1.165, 1.54) is 12.0 Å². The topological polar surface area (TPSA) is 105 Å². The summed E-state index contributed by atoms with van der Waals surface area (Å²) < 4.78 is 11.6. The third-order valence-electron chi connectivity index (χ3n) is 7.03. The molecule has 8 heteroatoms. The van der Waals surface area contributed by atoms with E-state index in [2.05, 4.69) is 5.32 Å². The van der Waals surface area contributed by atoms with Gasteiger partial charge in [0.25, 0.3) is 11.8 Å². The average molecular weight is 581 g/mol. The number of methoxy groups -OCH3 is 1. The number of anilines is 2. The zero-order chi connectivity index (χ0) is 30.8. The highest BCUT2D eigenvalue weighted by Gasteiger charge is 2.20. The Morgan fingerprint density at radius 1 is 0.837 bits per heavy atom. The smallest absolute Gasteiger partial charge is 0.303 e. The number of carboxylic acids is 1. The summed E-state index contributed by atoms with van der Waals surface area (Å²) in [6.45, 7) is 2.36. The molecule has 0 radical (unpaired) electrons. The monoisotopic (exact) mass is 580 g/mol. The first-order valence-corrected chi connectivity index (χ1v) is 14.2. The van der Waals surface area contributed by atoms with Gasteiger partial charge in [0.15, 0.2) is 0 Å². The summed E-state index contributed by atoms with van der Waals surface area (Å²) in [4.78, 5) is 39.1. The Hall–Kier alpha value is -5.11. The molecule has 0 atom stereocenters. The van der Waals surface area contributed by atoms with Crippen molar-refractivity contribution in [1.82, 2.24) is 0 Å². The Morgan fingerprint density at radius 2 is 1.58 bits per heavy atom. The molecule has 0 saturated heterocycles. The molecule has 8 nitrogen and oxygen atoms in total. The molecule has 2 N–H and O–H groups in total. The van der Waals surface area contributed by atoms with Crippen molar-refractivity contribution < 1.29 is 29.0 Å². The summed E-state index contributed by atoms with van der Waals surface area (Å²) in [5.74, 6) is -0.449. The first-order chi connectivity index (χ1) is 20.8. The molecule has 0 aliphatic heterocycles. The number of rotatable bonds is 13. The molecule has 0 aromatic heterocycles. The van der Waals surface area contributed by atoms with Crippen LogP contribution < -0.4 is 19.7 Å². The van der Waals surface area contributed by atoms with Crippen LogP contribution in [0.2, 0.25) is 0 Å². The molecule has 43 heavy (non-hydrogen) atoms. The fraction of sp³-hybridized carbons (Fsp3) is 0.229. The van der Waals surface area contributed by atoms with Gasteiger partial charge in [-0.05, 0) is 79.3 Å². The lowest BCUT2D eigenvalue weighted by Gasteiger charge is -2.22. The van der Waals surface area contributed by atoms with Gasteiger partial charge in [0, 0.05) is 24.6 Å². The summed E-state index contributed by atoms with van der Waals surface area (Å²) in [7, 11) is 3.17. The Morgan fingerprint density at radius 3 is 2.33 bits per heavy atom. The van der Waals surface area contributed by atoms with Crippen LogP contribution in [-0.4, -0.2) is 43.7 Å². The lowest BCUT2D eigenvalue weighted by molar-refractivity contribution is -0.137. The van der Waals surface area contributed by atoms with Gasteiger partial charge in [-0.2, -0.15) is 0 Å². The van der Waals surface area contributed by atoms with E-state index in [1.807, 2.05) is 73.7 Å². The molecule has 0 spiro atoms. The summed E-state index contributed by atoms with van der Waals surface area (Å²) in [5, 5.41) is 11.7. The summed E-state index contributed by atoms with van der Waals surface area (Å²) in [6.07, 6.45) is 2.18. The molecule has 0 aliphatic carbocycles. The second-order valence-electron chi connectivity index (χ2n) is 10.2. The number of carbonyl (C=O) groups excluding carboxylic acids is 2. The van der Waals surface area contributed by atoms with E-state index < -0.39 is 5.97 Å². The maximum absolute atomic E-state index is 13.6. The highest BCUT2D eigenvalue weighted by molar-refractivity contribution is 6.10. The van der Waals surface area contributed by atoms with Crippen LogP contribution in [0.4, 0.5) is 11.4 Å². The summed E-state index contributed by atoms with van der Waals surface area (Å²) in [6, 6.07) is 27.6. The van der Waals surface area contributed by atoms with Crippen molar-refractivity contribution in [2.24, 2.45) is 0 Å². The Balaban J connectivity index is 1.49. The Kier molecular flexibility index (Phi) is 10.5. The van der Waals surface area contributed by atoms with E-state index in [-0.39, 0.29) is 18.2 Å². The van der Waals surface area contributed by atoms with Crippen molar-refractivity contribution in [2.75, 3.05) is 31.0 Å². The van der Waals surface area contributed by atoms with Gasteiger partial charge in [0.1, 0.15) is 11.5 Å². The molecule has 4 aromatic rings. The maximum Gasteiger partial charge on any atom is 0.303 e. The van der Waals surface area contributed by atoms with E-state index >= 15 is 0 Å². The van der Waals surface area contributed by atoms with Crippen LogP contribution in [-0.2, 0) is 4.79 Å². The van der Waals surface area contributed by atoms with Crippen molar-refractivity contribution in [3.63, 3.8) is 0 Å². The molecular weight excluding hydrogens is 544 g/mol. The third-order valence-corrected chi connectivity index (χ3v) is 7.03. The lowest BCUT2D eigenvalue weighted by atomic mass is 9.99. The minimum atomic E-state index is -0.803. The number of hydrogen-bond acceptors (Lipinski definition) is 5. The SMILES string of the molecule is COc1cc(C(=O)N(C)c2ccc(C)cc2OCCCCCC(=O)O)ccc1NC(=O)c1ccccc1-c1ccccc1. The maximum atomic E-state index is 13.6. The molecule has 2 amide bonds. The van der Waals surface area contributed by atoms with Crippen LogP contribution >= 0.6 is 0 Å². The van der Waals surface area contributed by atoms with Crippen molar-refractivity contribution in [3.8, 4) is 22.6 Å². The van der Waals surface area contributed by atoms with Crippen molar-refractivity contribution in [1.29, 1.82) is 0 Å². The Bertz CT molecular complexity index is 1580. The van der Waals surface area contributed by atoms with Gasteiger partial charge in [-0.25, -0.2) is 0 Å². The van der Waals surface area contributed by atoms with Gasteiger partial charge in [-0.3, -0.25) is 14.4 Å². The van der Waals surface area contributed by atoms with Gasteiger partial charge < -0.3 is 24.8 Å². The number of hydrogen-bond donors (Lipinski definition) is 2. The highest BCUT2D eigenvalue weighted by atomic mass is 16.5. The molecule has 4 rings (SSSR count). The van der Waals surface area contributed by atoms with Crippen LogP contribution in [0.3, 0.4) is 0 Å². The normalized spacial score (nSPS) is 10.6. The quantitative estimate of drug-likeness (QED) is 0.162. The van der Waals surface area contributed by atoms with E-state index in [0.717, 1.165) is 23.1 Å². The van der Waals surface area contributed by atoms with Crippen molar-refractivity contribution >= 4 is 29.2 Å². The number of carbonyl (C=O) groups is 3. The standard InChI is InChI=1S/C35H36N2O6/c1-24-17-20-30(32(22-24)43-21-11-5-8-16-33(38)39)37(2)35(41)26-18-19-29(31(23-26)42-3)36-34(40)28-15-10-9-14-27(28)25-12-6-4-7-13-25/h4,6-7,9-10,12-15,17-20,22-23H,5,8,11,16,21H2,1-3H3,(H,36,40)(H,38,39). The molecular formula is C35H36N2O6. The highest BCUT2D eigenvalue weighted by Crippen LogP contribution is 2.32. The number of aryl methyl sites for hydroxylation is 1. The number of unbranched alkanes of at least 4 members (excludes halogenated alkanes) is 2. The number of amides is 2. The van der Waals surface area contributed by atoms with Crippen LogP contribution in [0.25, 0.3) is 11.1 Å². The van der Waals surface area contributed by atoms with Crippen LogP contribution in [0.1, 0.15) is 52.0 Å². The number of carboxylic acid groups (broad SMARTS) is 1. The minimum Gasteiger partial charge on any atom is -0.495 e. The van der Waals surface area contributed by atoms with Crippen LogP contribution in [0.5, 0.6) is 11.5 Å². The number of nitrogens with zero attached hydrogens (tertiary/aromatic N) is 1. The van der Waals surface area contributed by atoms with Gasteiger partial charge in [-0.1, -0.05) is 54.6 Å². The zero-order valence-electron chi connectivity index (χ0n) is 24.6. The molecule has 4 aromatic carbocycles. The molecule has 0 heterocycles. The van der Waals surface area contributed by atoms with E-state index in [9.17, 15) is 14.4 Å². The van der Waals surface area contributed by atoms with E-state index in [4.69, 9.17) is 14.6 Å². The zero-order valence-corrected chi connectivity index (χ0v) is 24.6. The van der Waals surface area contributed by atoms with Gasteiger partial charge in [0.05, 0.1) is 25.1 Å². The van der Waals surface area contributed by atoms with Crippen molar-refractivity contribution in [2.45, 2.75) is 32.6 Å². The molecule has 0 bridgehead atoms. The lowest BCUT2D eigenvalue weighted by Crippen LogP contribution is -2.27. The number of benzene rings is 4. The molecule has 0 unspecified atom stereocenters. The molecule has 0 fully saturated rings. The number of nitrogens with one attached hydrogen (secondary N) is 1. The predicted octanol–water partition coefficient (Wildman–Crippen LogP) is 7.22. The number of aliphatic carboxylic acids is 1. The fourth-order valence-electron chi connectivity index (χ4n) is 4.72. The minimum absolute atomic E-state index is 0.139. The largest absolute Gasteiger partial charge is 0.495 e. The Labute approximate surface area is 251 Å².